The van der Waals surface area contributed by atoms with Crippen LogP contribution >= 0.6 is 0 Å². The molecule has 1 fully saturated rings. The van der Waals surface area contributed by atoms with Crippen LogP contribution in [-0.4, -0.2) is 17.3 Å². The minimum atomic E-state index is -0.463. The van der Waals surface area contributed by atoms with Crippen LogP contribution in [0.2, 0.25) is 0 Å². The number of nitriles is 1. The van der Waals surface area contributed by atoms with Gasteiger partial charge in [-0.25, -0.2) is 4.39 Å². The van der Waals surface area contributed by atoms with Gasteiger partial charge in [0, 0.05) is 17.6 Å². The van der Waals surface area contributed by atoms with Crippen LogP contribution in [0.5, 0.6) is 0 Å². The number of nitrogens with zero attached hydrogens (tertiary/aromatic N) is 1. The van der Waals surface area contributed by atoms with Gasteiger partial charge in [-0.15, -0.1) is 0 Å². The molecule has 0 radical (unpaired) electrons. The first kappa shape index (κ1) is 12.0. The van der Waals surface area contributed by atoms with E-state index >= 15 is 0 Å². The number of rotatable bonds is 4. The zero-order valence-electron chi connectivity index (χ0n) is 9.54. The number of benzene rings is 1. The van der Waals surface area contributed by atoms with Crippen molar-refractivity contribution in [3.63, 3.8) is 0 Å². The van der Waals surface area contributed by atoms with Gasteiger partial charge in [-0.2, -0.15) is 5.26 Å². The Morgan fingerprint density at radius 1 is 1.47 bits per heavy atom. The predicted molar refractivity (Wildman–Crippen MR) is 61.6 cm³/mol. The summed E-state index contributed by atoms with van der Waals surface area (Å²) in [7, 11) is 0. The summed E-state index contributed by atoms with van der Waals surface area (Å²) < 4.78 is 13.7. The highest BCUT2D eigenvalue weighted by molar-refractivity contribution is 5.35. The van der Waals surface area contributed by atoms with E-state index in [0.717, 1.165) is 19.3 Å². The Morgan fingerprint density at radius 3 is 2.76 bits per heavy atom. The van der Waals surface area contributed by atoms with Gasteiger partial charge in [0.2, 0.25) is 0 Å². The van der Waals surface area contributed by atoms with E-state index in [4.69, 9.17) is 5.26 Å². The lowest BCUT2D eigenvalue weighted by Gasteiger charge is -2.41. The molecule has 0 heterocycles. The smallest absolute Gasteiger partial charge is 0.145 e. The zero-order chi connectivity index (χ0) is 12.3. The molecular formula is C13H15FN2O. The van der Waals surface area contributed by atoms with Crippen LogP contribution < -0.4 is 5.32 Å². The molecule has 1 aliphatic rings. The van der Waals surface area contributed by atoms with Crippen molar-refractivity contribution in [1.82, 2.24) is 5.32 Å². The van der Waals surface area contributed by atoms with Crippen molar-refractivity contribution in [1.29, 1.82) is 5.26 Å². The third-order valence-corrected chi connectivity index (χ3v) is 3.47. The van der Waals surface area contributed by atoms with Crippen molar-refractivity contribution < 1.29 is 9.50 Å². The summed E-state index contributed by atoms with van der Waals surface area (Å²) in [5.41, 5.74) is 0.300. The summed E-state index contributed by atoms with van der Waals surface area (Å²) in [6.07, 6.45) is 2.93. The lowest BCUT2D eigenvalue weighted by Crippen LogP contribution is -2.53. The molecule has 2 N–H and O–H groups in total. The lowest BCUT2D eigenvalue weighted by molar-refractivity contribution is 0.0869. The van der Waals surface area contributed by atoms with Gasteiger partial charge in [-0.3, -0.25) is 0 Å². The van der Waals surface area contributed by atoms with Gasteiger partial charge in [0.25, 0.3) is 0 Å². The second-order valence-corrected chi connectivity index (χ2v) is 4.54. The third kappa shape index (κ3) is 2.31. The van der Waals surface area contributed by atoms with Crippen molar-refractivity contribution in [3.05, 3.63) is 35.1 Å². The maximum absolute atomic E-state index is 13.7. The van der Waals surface area contributed by atoms with Gasteiger partial charge in [0.05, 0.1) is 12.2 Å². The van der Waals surface area contributed by atoms with Crippen LogP contribution in [0.3, 0.4) is 0 Å². The first-order valence-electron chi connectivity index (χ1n) is 5.74. The second-order valence-electron chi connectivity index (χ2n) is 4.54. The highest BCUT2D eigenvalue weighted by Crippen LogP contribution is 2.31. The topological polar surface area (TPSA) is 56.0 Å². The zero-order valence-corrected chi connectivity index (χ0v) is 9.54. The predicted octanol–water partition coefficient (Wildman–Crippen LogP) is 1.70. The Bertz CT molecular complexity index is 444. The molecule has 0 unspecified atom stereocenters. The molecule has 1 saturated carbocycles. The first-order chi connectivity index (χ1) is 8.21. The standard InChI is InChI=1S/C13H15FN2O/c14-12-10(7-15)3-1-4-11(12)8-16-13(9-17)5-2-6-13/h1,3-4,16-17H,2,5-6,8-9H2. The molecule has 0 saturated heterocycles. The third-order valence-electron chi connectivity index (χ3n) is 3.47. The Labute approximate surface area is 99.9 Å². The van der Waals surface area contributed by atoms with E-state index in [-0.39, 0.29) is 17.7 Å². The molecule has 3 nitrogen and oxygen atoms in total. The van der Waals surface area contributed by atoms with E-state index < -0.39 is 5.82 Å². The van der Waals surface area contributed by atoms with Crippen molar-refractivity contribution in [2.75, 3.05) is 6.61 Å². The summed E-state index contributed by atoms with van der Waals surface area (Å²) in [6, 6.07) is 6.62. The van der Waals surface area contributed by atoms with E-state index in [0.29, 0.717) is 12.1 Å². The normalized spacial score (nSPS) is 17.2. The lowest BCUT2D eigenvalue weighted by atomic mass is 9.77. The molecule has 17 heavy (non-hydrogen) atoms. The van der Waals surface area contributed by atoms with Crippen LogP contribution in [0, 0.1) is 17.1 Å². The molecule has 0 amide bonds. The van der Waals surface area contributed by atoms with Gasteiger partial charge in [0.15, 0.2) is 0 Å². The highest BCUT2D eigenvalue weighted by atomic mass is 19.1. The molecule has 1 aromatic rings. The fourth-order valence-corrected chi connectivity index (χ4v) is 2.08. The Morgan fingerprint density at radius 2 is 2.24 bits per heavy atom. The molecule has 1 aliphatic carbocycles. The van der Waals surface area contributed by atoms with Crippen molar-refractivity contribution >= 4 is 0 Å². The summed E-state index contributed by atoms with van der Waals surface area (Å²) >= 11 is 0. The molecule has 0 bridgehead atoms. The van der Waals surface area contributed by atoms with Gasteiger partial charge in [-0.1, -0.05) is 12.1 Å². The van der Waals surface area contributed by atoms with Crippen LogP contribution in [-0.2, 0) is 6.54 Å². The Hall–Kier alpha value is -1.44. The summed E-state index contributed by atoms with van der Waals surface area (Å²) in [6.45, 7) is 0.425. The average Bonchev–Trinajstić information content (AvgIpc) is 2.30. The van der Waals surface area contributed by atoms with Crippen molar-refractivity contribution in [2.45, 2.75) is 31.3 Å². The van der Waals surface area contributed by atoms with Gasteiger partial charge in [0.1, 0.15) is 11.9 Å². The van der Waals surface area contributed by atoms with E-state index in [1.54, 1.807) is 12.1 Å². The van der Waals surface area contributed by atoms with Crippen LogP contribution in [0.25, 0.3) is 0 Å². The minimum absolute atomic E-state index is 0.0657. The number of hydrogen-bond donors (Lipinski definition) is 2. The van der Waals surface area contributed by atoms with E-state index in [9.17, 15) is 9.50 Å². The average molecular weight is 234 g/mol. The molecule has 0 aliphatic heterocycles. The van der Waals surface area contributed by atoms with Crippen LogP contribution in [0.4, 0.5) is 4.39 Å². The van der Waals surface area contributed by atoms with E-state index in [1.165, 1.54) is 6.07 Å². The molecule has 0 atom stereocenters. The highest BCUT2D eigenvalue weighted by Gasteiger charge is 2.35. The van der Waals surface area contributed by atoms with E-state index in [1.807, 2.05) is 6.07 Å². The quantitative estimate of drug-likeness (QED) is 0.833. The SMILES string of the molecule is N#Cc1cccc(CNC2(CO)CCC2)c1F. The fourth-order valence-electron chi connectivity index (χ4n) is 2.08. The largest absolute Gasteiger partial charge is 0.394 e. The summed E-state index contributed by atoms with van der Waals surface area (Å²) in [4.78, 5) is 0. The first-order valence-corrected chi connectivity index (χ1v) is 5.74. The Kier molecular flexibility index (Phi) is 3.41. The second kappa shape index (κ2) is 4.82. The molecule has 4 heteroatoms. The molecule has 90 valence electrons. The summed E-state index contributed by atoms with van der Waals surface area (Å²) in [5.74, 6) is -0.463. The van der Waals surface area contributed by atoms with Gasteiger partial charge in [-0.05, 0) is 25.3 Å². The molecule has 2 rings (SSSR count). The van der Waals surface area contributed by atoms with Crippen LogP contribution in [0.15, 0.2) is 18.2 Å². The molecular weight excluding hydrogens is 219 g/mol. The van der Waals surface area contributed by atoms with Crippen molar-refractivity contribution in [3.8, 4) is 6.07 Å². The number of aliphatic hydroxyl groups is 1. The van der Waals surface area contributed by atoms with Gasteiger partial charge < -0.3 is 10.4 Å². The monoisotopic (exact) mass is 234 g/mol. The van der Waals surface area contributed by atoms with Crippen LogP contribution in [0.1, 0.15) is 30.4 Å². The Balaban J connectivity index is 2.07. The molecule has 0 spiro atoms. The maximum Gasteiger partial charge on any atom is 0.145 e. The summed E-state index contributed by atoms with van der Waals surface area (Å²) in [5, 5.41) is 21.2. The van der Waals surface area contributed by atoms with E-state index in [2.05, 4.69) is 5.32 Å². The maximum atomic E-state index is 13.7. The number of nitrogens with one attached hydrogen (secondary N) is 1. The molecule has 0 aromatic heterocycles. The van der Waals surface area contributed by atoms with Gasteiger partial charge >= 0.3 is 0 Å². The minimum Gasteiger partial charge on any atom is -0.394 e. The number of aliphatic hydroxyl groups excluding tert-OH is 1. The van der Waals surface area contributed by atoms with Crippen molar-refractivity contribution in [2.24, 2.45) is 0 Å². The number of hydrogen-bond acceptors (Lipinski definition) is 3. The molecule has 1 aromatic carbocycles. The number of halogens is 1. The fraction of sp³-hybridized carbons (Fsp3) is 0.462.